The molecule has 1 aromatic rings. The van der Waals surface area contributed by atoms with E-state index >= 15 is 0 Å². The molecule has 60 valence electrons. The van der Waals surface area contributed by atoms with Crippen LogP contribution in [0.5, 0.6) is 0 Å². The fourth-order valence-electron chi connectivity index (χ4n) is 0.616. The Bertz CT molecular complexity index is 229. The van der Waals surface area contributed by atoms with Crippen LogP contribution in [0.2, 0.25) is 0 Å². The lowest BCUT2D eigenvalue weighted by molar-refractivity contribution is 0.769. The second-order valence-corrected chi connectivity index (χ2v) is 3.40. The highest BCUT2D eigenvalue weighted by Gasteiger charge is 1.99. The van der Waals surface area contributed by atoms with E-state index in [-0.39, 0.29) is 0 Å². The Labute approximate surface area is 74.4 Å². The number of aryl methyl sites for hydroxylation is 1. The molecule has 0 fully saturated rings. The predicted octanol–water partition coefficient (Wildman–Crippen LogP) is 1.62. The van der Waals surface area contributed by atoms with Crippen molar-refractivity contribution in [3.05, 3.63) is 5.82 Å². The molecule has 1 heterocycles. The normalized spacial score (nSPS) is 10.1. The zero-order valence-electron chi connectivity index (χ0n) is 6.66. The first-order chi connectivity index (χ1) is 5.26. The molecule has 0 N–H and O–H groups in total. The lowest BCUT2D eigenvalue weighted by Crippen LogP contribution is -1.95. The largest absolute Gasteiger partial charge is 0.208 e. The Kier molecular flexibility index (Phi) is 3.14. The van der Waals surface area contributed by atoms with Crippen LogP contribution in [0.4, 0.5) is 0 Å². The van der Waals surface area contributed by atoms with E-state index in [0.717, 1.165) is 16.1 Å². The fraction of sp³-hybridized carbons (Fsp3) is 0.500. The number of nitrogens with zero attached hydrogens (tertiary/aromatic N) is 3. The van der Waals surface area contributed by atoms with Crippen LogP contribution in [0.15, 0.2) is 10.3 Å². The second kappa shape index (κ2) is 3.92. The van der Waals surface area contributed by atoms with Crippen LogP contribution in [0.25, 0.3) is 0 Å². The third kappa shape index (κ3) is 2.34. The topological polar surface area (TPSA) is 38.7 Å². The lowest BCUT2D eigenvalue weighted by Gasteiger charge is -1.98. The number of hydrogen-bond acceptors (Lipinski definition) is 5. The molecule has 0 aliphatic heterocycles. The molecular weight excluding hydrogens is 178 g/mol. The average molecular weight is 187 g/mol. The Morgan fingerprint density at radius 1 is 0.909 bits per heavy atom. The van der Waals surface area contributed by atoms with Crippen molar-refractivity contribution in [3.8, 4) is 0 Å². The van der Waals surface area contributed by atoms with E-state index in [2.05, 4.69) is 15.0 Å². The summed E-state index contributed by atoms with van der Waals surface area (Å²) in [7, 11) is 0. The summed E-state index contributed by atoms with van der Waals surface area (Å²) < 4.78 is 0. The first-order valence-corrected chi connectivity index (χ1v) is 5.52. The van der Waals surface area contributed by atoms with Crippen LogP contribution >= 0.6 is 23.5 Å². The molecular formula is C6H9N3S2. The van der Waals surface area contributed by atoms with Gasteiger partial charge < -0.3 is 0 Å². The maximum atomic E-state index is 4.17. The van der Waals surface area contributed by atoms with Gasteiger partial charge in [0.05, 0.1) is 0 Å². The summed E-state index contributed by atoms with van der Waals surface area (Å²) in [6.45, 7) is 1.88. The summed E-state index contributed by atoms with van der Waals surface area (Å²) in [5.74, 6) is 0.786. The Hall–Kier alpha value is -0.290. The summed E-state index contributed by atoms with van der Waals surface area (Å²) in [5, 5.41) is 1.59. The van der Waals surface area contributed by atoms with Gasteiger partial charge in [-0.25, -0.2) is 9.97 Å². The zero-order chi connectivity index (χ0) is 8.27. The minimum absolute atomic E-state index is 0.786. The lowest BCUT2D eigenvalue weighted by atomic mass is 10.7. The van der Waals surface area contributed by atoms with Crippen LogP contribution in [0.1, 0.15) is 5.82 Å². The van der Waals surface area contributed by atoms with Crippen molar-refractivity contribution in [2.24, 2.45) is 0 Å². The monoisotopic (exact) mass is 187 g/mol. The SMILES string of the molecule is CSc1nc(C)nc(SC)n1. The molecule has 0 radical (unpaired) electrons. The molecule has 0 saturated heterocycles. The molecule has 11 heavy (non-hydrogen) atoms. The van der Waals surface area contributed by atoms with Crippen molar-refractivity contribution in [2.75, 3.05) is 12.5 Å². The van der Waals surface area contributed by atoms with Gasteiger partial charge in [0.1, 0.15) is 5.82 Å². The highest BCUT2D eigenvalue weighted by molar-refractivity contribution is 7.99. The molecule has 0 aliphatic carbocycles. The number of aromatic nitrogens is 3. The smallest absolute Gasteiger partial charge is 0.191 e. The van der Waals surface area contributed by atoms with Crippen molar-refractivity contribution >= 4 is 23.5 Å². The fourth-order valence-corrected chi connectivity index (χ4v) is 1.48. The maximum Gasteiger partial charge on any atom is 0.191 e. The summed E-state index contributed by atoms with van der Waals surface area (Å²) in [5.41, 5.74) is 0. The highest BCUT2D eigenvalue weighted by Crippen LogP contribution is 2.13. The van der Waals surface area contributed by atoms with Gasteiger partial charge in [0.25, 0.3) is 0 Å². The number of thioether (sulfide) groups is 2. The van der Waals surface area contributed by atoms with Gasteiger partial charge in [0.15, 0.2) is 10.3 Å². The van der Waals surface area contributed by atoms with E-state index in [1.165, 1.54) is 23.5 Å². The van der Waals surface area contributed by atoms with Crippen LogP contribution in [0, 0.1) is 6.92 Å². The Morgan fingerprint density at radius 3 is 1.73 bits per heavy atom. The zero-order valence-corrected chi connectivity index (χ0v) is 8.29. The Morgan fingerprint density at radius 2 is 1.36 bits per heavy atom. The van der Waals surface area contributed by atoms with Crippen LogP contribution in [-0.4, -0.2) is 27.5 Å². The summed E-state index contributed by atoms with van der Waals surface area (Å²) in [6.07, 6.45) is 3.91. The van der Waals surface area contributed by atoms with Crippen molar-refractivity contribution in [1.82, 2.24) is 15.0 Å². The molecule has 0 bridgehead atoms. The first-order valence-electron chi connectivity index (χ1n) is 3.07. The molecule has 0 aliphatic rings. The standard InChI is InChI=1S/C6H9N3S2/c1-4-7-5(10-2)9-6(8-4)11-3/h1-3H3. The second-order valence-electron chi connectivity index (χ2n) is 1.86. The van der Waals surface area contributed by atoms with Gasteiger partial charge in [0.2, 0.25) is 0 Å². The van der Waals surface area contributed by atoms with Crippen molar-refractivity contribution in [2.45, 2.75) is 17.2 Å². The third-order valence-electron chi connectivity index (χ3n) is 1.07. The van der Waals surface area contributed by atoms with E-state index in [1.54, 1.807) is 0 Å². The van der Waals surface area contributed by atoms with Gasteiger partial charge in [0, 0.05) is 0 Å². The van der Waals surface area contributed by atoms with E-state index in [1.807, 2.05) is 19.4 Å². The molecule has 0 atom stereocenters. The van der Waals surface area contributed by atoms with Gasteiger partial charge in [-0.05, 0) is 19.4 Å². The summed E-state index contributed by atoms with van der Waals surface area (Å²) in [4.78, 5) is 12.4. The molecule has 5 heteroatoms. The van der Waals surface area contributed by atoms with Crippen molar-refractivity contribution in [1.29, 1.82) is 0 Å². The summed E-state index contributed by atoms with van der Waals surface area (Å²) >= 11 is 3.07. The Balaban J connectivity index is 3.02. The van der Waals surface area contributed by atoms with Gasteiger partial charge in [-0.1, -0.05) is 23.5 Å². The molecule has 0 spiro atoms. The van der Waals surface area contributed by atoms with Gasteiger partial charge in [-0.3, -0.25) is 0 Å². The van der Waals surface area contributed by atoms with E-state index in [9.17, 15) is 0 Å². The van der Waals surface area contributed by atoms with Gasteiger partial charge >= 0.3 is 0 Å². The third-order valence-corrected chi connectivity index (χ3v) is 2.17. The average Bonchev–Trinajstić information content (AvgIpc) is 2.03. The minimum Gasteiger partial charge on any atom is -0.208 e. The molecule has 0 saturated carbocycles. The van der Waals surface area contributed by atoms with Gasteiger partial charge in [-0.15, -0.1) is 0 Å². The van der Waals surface area contributed by atoms with Crippen molar-refractivity contribution in [3.63, 3.8) is 0 Å². The number of rotatable bonds is 2. The molecule has 0 aromatic carbocycles. The maximum absolute atomic E-state index is 4.17. The predicted molar refractivity (Wildman–Crippen MR) is 48.1 cm³/mol. The van der Waals surface area contributed by atoms with Gasteiger partial charge in [-0.2, -0.15) is 4.98 Å². The number of hydrogen-bond donors (Lipinski definition) is 0. The van der Waals surface area contributed by atoms with Crippen LogP contribution in [0.3, 0.4) is 0 Å². The highest BCUT2D eigenvalue weighted by atomic mass is 32.2. The molecule has 3 nitrogen and oxygen atoms in total. The quantitative estimate of drug-likeness (QED) is 0.658. The van der Waals surface area contributed by atoms with E-state index in [0.29, 0.717) is 0 Å². The van der Waals surface area contributed by atoms with Crippen LogP contribution in [-0.2, 0) is 0 Å². The van der Waals surface area contributed by atoms with E-state index in [4.69, 9.17) is 0 Å². The first kappa shape index (κ1) is 8.80. The molecule has 1 rings (SSSR count). The molecule has 1 aromatic heterocycles. The van der Waals surface area contributed by atoms with Crippen molar-refractivity contribution < 1.29 is 0 Å². The van der Waals surface area contributed by atoms with Crippen LogP contribution < -0.4 is 0 Å². The van der Waals surface area contributed by atoms with E-state index < -0.39 is 0 Å². The molecule has 0 unspecified atom stereocenters. The minimum atomic E-state index is 0.786. The molecule has 0 amide bonds. The summed E-state index contributed by atoms with van der Waals surface area (Å²) in [6, 6.07) is 0.